The van der Waals surface area contributed by atoms with Gasteiger partial charge in [-0.05, 0) is 32.9 Å². The van der Waals surface area contributed by atoms with Crippen molar-refractivity contribution < 1.29 is 22.7 Å². The molecular weight excluding hydrogens is 247 g/mol. The summed E-state index contributed by atoms with van der Waals surface area (Å²) in [4.78, 5) is 14.8. The molecule has 0 aliphatic carbocycles. The number of esters is 1. The molecule has 0 aliphatic rings. The molecule has 0 unspecified atom stereocenters. The number of carbonyl (C=O) groups excluding carboxylic acids is 1. The molecule has 0 radical (unpaired) electrons. The van der Waals surface area contributed by atoms with Gasteiger partial charge in [-0.1, -0.05) is 6.07 Å². The van der Waals surface area contributed by atoms with Crippen LogP contribution < -0.4 is 0 Å². The highest BCUT2D eigenvalue weighted by Gasteiger charge is 2.32. The zero-order valence-electron chi connectivity index (χ0n) is 10.3. The summed E-state index contributed by atoms with van der Waals surface area (Å²) < 4.78 is 42.2. The smallest absolute Gasteiger partial charge is 0.433 e. The number of hydrogen-bond donors (Lipinski definition) is 0. The van der Waals surface area contributed by atoms with Crippen LogP contribution in [0.5, 0.6) is 0 Å². The Kier molecular flexibility index (Phi) is 3.98. The van der Waals surface area contributed by atoms with E-state index in [0.717, 1.165) is 6.07 Å². The molecule has 0 bridgehead atoms. The van der Waals surface area contributed by atoms with E-state index in [2.05, 4.69) is 4.98 Å². The first-order chi connectivity index (χ1) is 8.08. The fourth-order valence-corrected chi connectivity index (χ4v) is 1.26. The monoisotopic (exact) mass is 261 g/mol. The zero-order chi connectivity index (χ0) is 14.0. The van der Waals surface area contributed by atoms with Crippen molar-refractivity contribution in [2.24, 2.45) is 0 Å². The van der Waals surface area contributed by atoms with Crippen LogP contribution in [0.2, 0.25) is 0 Å². The Morgan fingerprint density at radius 2 is 1.89 bits per heavy atom. The SMILES string of the molecule is CC(C)(C)OC(=O)Cc1cccc(C(F)(F)F)n1. The molecule has 0 fully saturated rings. The molecule has 0 spiro atoms. The number of halogens is 3. The molecule has 100 valence electrons. The fraction of sp³-hybridized carbons (Fsp3) is 0.500. The minimum Gasteiger partial charge on any atom is -0.460 e. The maximum atomic E-state index is 12.4. The van der Waals surface area contributed by atoms with E-state index in [-0.39, 0.29) is 12.1 Å². The average Bonchev–Trinajstić information content (AvgIpc) is 2.13. The van der Waals surface area contributed by atoms with Crippen molar-refractivity contribution in [1.82, 2.24) is 4.98 Å². The summed E-state index contributed by atoms with van der Waals surface area (Å²) in [7, 11) is 0. The van der Waals surface area contributed by atoms with Crippen LogP contribution >= 0.6 is 0 Å². The van der Waals surface area contributed by atoms with Crippen LogP contribution in [0.1, 0.15) is 32.2 Å². The van der Waals surface area contributed by atoms with Crippen LogP contribution in [0, 0.1) is 0 Å². The highest BCUT2D eigenvalue weighted by Crippen LogP contribution is 2.27. The minimum atomic E-state index is -4.51. The van der Waals surface area contributed by atoms with E-state index in [0.29, 0.717) is 0 Å². The molecule has 18 heavy (non-hydrogen) atoms. The number of alkyl halides is 3. The maximum Gasteiger partial charge on any atom is 0.433 e. The van der Waals surface area contributed by atoms with Gasteiger partial charge < -0.3 is 4.74 Å². The van der Waals surface area contributed by atoms with Gasteiger partial charge in [-0.3, -0.25) is 4.79 Å². The molecule has 6 heteroatoms. The van der Waals surface area contributed by atoms with Crippen molar-refractivity contribution in [2.45, 2.75) is 39.0 Å². The van der Waals surface area contributed by atoms with E-state index in [1.165, 1.54) is 12.1 Å². The second-order valence-corrected chi connectivity index (χ2v) is 4.78. The van der Waals surface area contributed by atoms with Crippen molar-refractivity contribution in [2.75, 3.05) is 0 Å². The number of nitrogens with zero attached hydrogens (tertiary/aromatic N) is 1. The molecular formula is C12H14F3NO2. The maximum absolute atomic E-state index is 12.4. The van der Waals surface area contributed by atoms with Gasteiger partial charge in [0.05, 0.1) is 12.1 Å². The van der Waals surface area contributed by atoms with E-state index in [9.17, 15) is 18.0 Å². The average molecular weight is 261 g/mol. The molecule has 1 aromatic rings. The predicted molar refractivity (Wildman–Crippen MR) is 58.8 cm³/mol. The van der Waals surface area contributed by atoms with Gasteiger partial charge in [0.15, 0.2) is 0 Å². The van der Waals surface area contributed by atoms with Crippen LogP contribution in [0.4, 0.5) is 13.2 Å². The third-order valence-corrected chi connectivity index (χ3v) is 1.84. The summed E-state index contributed by atoms with van der Waals surface area (Å²) in [6.45, 7) is 5.05. The molecule has 1 aromatic heterocycles. The topological polar surface area (TPSA) is 39.2 Å². The first-order valence-electron chi connectivity index (χ1n) is 5.33. The lowest BCUT2D eigenvalue weighted by molar-refractivity contribution is -0.154. The second-order valence-electron chi connectivity index (χ2n) is 4.78. The standard InChI is InChI=1S/C12H14F3NO2/c1-11(2,3)18-10(17)7-8-5-4-6-9(16-8)12(13,14)15/h4-6H,7H2,1-3H3. The number of ether oxygens (including phenoxy) is 1. The summed E-state index contributed by atoms with van der Waals surface area (Å²) in [5.74, 6) is -0.602. The van der Waals surface area contributed by atoms with Crippen LogP contribution in [-0.4, -0.2) is 16.6 Å². The van der Waals surface area contributed by atoms with Gasteiger partial charge in [0.2, 0.25) is 0 Å². The molecule has 0 aromatic carbocycles. The molecule has 0 N–H and O–H groups in total. The van der Waals surface area contributed by atoms with E-state index in [1.54, 1.807) is 20.8 Å². The van der Waals surface area contributed by atoms with E-state index < -0.39 is 23.4 Å². The lowest BCUT2D eigenvalue weighted by atomic mass is 10.2. The van der Waals surface area contributed by atoms with Gasteiger partial charge in [0.1, 0.15) is 11.3 Å². The van der Waals surface area contributed by atoms with Crippen molar-refractivity contribution >= 4 is 5.97 Å². The number of carbonyl (C=O) groups is 1. The second kappa shape index (κ2) is 4.96. The van der Waals surface area contributed by atoms with Crippen molar-refractivity contribution in [1.29, 1.82) is 0 Å². The van der Waals surface area contributed by atoms with Gasteiger partial charge in [0.25, 0.3) is 0 Å². The molecule has 0 atom stereocenters. The third-order valence-electron chi connectivity index (χ3n) is 1.84. The highest BCUT2D eigenvalue weighted by atomic mass is 19.4. The zero-order valence-corrected chi connectivity index (χ0v) is 10.3. The fourth-order valence-electron chi connectivity index (χ4n) is 1.26. The van der Waals surface area contributed by atoms with Crippen LogP contribution in [0.25, 0.3) is 0 Å². The molecule has 0 aliphatic heterocycles. The summed E-state index contributed by atoms with van der Waals surface area (Å²) >= 11 is 0. The lowest BCUT2D eigenvalue weighted by Crippen LogP contribution is -2.25. The van der Waals surface area contributed by atoms with E-state index >= 15 is 0 Å². The van der Waals surface area contributed by atoms with Crippen LogP contribution in [0.15, 0.2) is 18.2 Å². The van der Waals surface area contributed by atoms with Gasteiger partial charge in [-0.25, -0.2) is 4.98 Å². The van der Waals surface area contributed by atoms with E-state index in [1.807, 2.05) is 0 Å². The number of pyridine rings is 1. The van der Waals surface area contributed by atoms with Gasteiger partial charge in [0, 0.05) is 0 Å². The number of hydrogen-bond acceptors (Lipinski definition) is 3. The largest absolute Gasteiger partial charge is 0.460 e. The number of rotatable bonds is 2. The predicted octanol–water partition coefficient (Wildman–Crippen LogP) is 2.98. The van der Waals surface area contributed by atoms with Crippen molar-refractivity contribution in [3.8, 4) is 0 Å². The molecule has 1 heterocycles. The minimum absolute atomic E-state index is 0.0408. The molecule has 1 rings (SSSR count). The van der Waals surface area contributed by atoms with Gasteiger partial charge in [-0.15, -0.1) is 0 Å². The Morgan fingerprint density at radius 1 is 1.28 bits per heavy atom. The summed E-state index contributed by atoms with van der Waals surface area (Å²) in [5, 5.41) is 0. The normalized spacial score (nSPS) is 12.3. The van der Waals surface area contributed by atoms with Crippen LogP contribution in [0.3, 0.4) is 0 Å². The summed E-state index contributed by atoms with van der Waals surface area (Å²) in [6.07, 6.45) is -4.79. The highest BCUT2D eigenvalue weighted by molar-refractivity contribution is 5.72. The molecule has 0 saturated heterocycles. The Labute approximate surface area is 103 Å². The quantitative estimate of drug-likeness (QED) is 0.768. The first-order valence-corrected chi connectivity index (χ1v) is 5.33. The van der Waals surface area contributed by atoms with Crippen molar-refractivity contribution in [3.63, 3.8) is 0 Å². The third kappa shape index (κ3) is 4.73. The van der Waals surface area contributed by atoms with Gasteiger partial charge in [-0.2, -0.15) is 13.2 Å². The lowest BCUT2D eigenvalue weighted by Gasteiger charge is -2.19. The Bertz CT molecular complexity index is 436. The number of aromatic nitrogens is 1. The molecule has 0 saturated carbocycles. The Morgan fingerprint density at radius 3 is 2.39 bits per heavy atom. The Balaban J connectivity index is 2.77. The first kappa shape index (κ1) is 14.5. The Hall–Kier alpha value is -1.59. The molecule has 3 nitrogen and oxygen atoms in total. The summed E-state index contributed by atoms with van der Waals surface area (Å²) in [6, 6.07) is 3.44. The summed E-state index contributed by atoms with van der Waals surface area (Å²) in [5.41, 5.74) is -1.64. The van der Waals surface area contributed by atoms with Gasteiger partial charge >= 0.3 is 12.1 Å². The van der Waals surface area contributed by atoms with E-state index in [4.69, 9.17) is 4.74 Å². The molecule has 0 amide bonds. The van der Waals surface area contributed by atoms with Crippen molar-refractivity contribution in [3.05, 3.63) is 29.6 Å². The van der Waals surface area contributed by atoms with Crippen LogP contribution in [-0.2, 0) is 22.1 Å².